The van der Waals surface area contributed by atoms with Gasteiger partial charge in [-0.1, -0.05) is 43.3 Å². The van der Waals surface area contributed by atoms with E-state index in [1.807, 2.05) is 19.1 Å². The molecule has 3 heteroatoms. The lowest BCUT2D eigenvalue weighted by molar-refractivity contribution is -0.929. The Balaban J connectivity index is 1.70. The van der Waals surface area contributed by atoms with Crippen molar-refractivity contribution in [2.24, 2.45) is 0 Å². The third-order valence-corrected chi connectivity index (χ3v) is 5.55. The van der Waals surface area contributed by atoms with Crippen LogP contribution in [0, 0.1) is 6.92 Å². The van der Waals surface area contributed by atoms with Crippen LogP contribution >= 0.6 is 0 Å². The monoisotopic (exact) mass is 333 g/mol. The van der Waals surface area contributed by atoms with Crippen LogP contribution < -0.4 is 10.3 Å². The summed E-state index contributed by atoms with van der Waals surface area (Å²) in [7, 11) is 0. The third-order valence-electron chi connectivity index (χ3n) is 5.55. The highest BCUT2D eigenvalue weighted by Gasteiger charge is 2.22. The Hall–Kier alpha value is -2.39. The summed E-state index contributed by atoms with van der Waals surface area (Å²) >= 11 is 0. The molecule has 0 saturated heterocycles. The topological polar surface area (TPSA) is 37.3 Å². The molecule has 2 N–H and O–H groups in total. The molecule has 4 rings (SSSR count). The van der Waals surface area contributed by atoms with Gasteiger partial charge in [-0.3, -0.25) is 4.79 Å². The second-order valence-electron chi connectivity index (χ2n) is 7.12. The summed E-state index contributed by atoms with van der Waals surface area (Å²) in [6, 6.07) is 14.7. The number of hydrogen-bond acceptors (Lipinski definition) is 1. The first-order valence-electron chi connectivity index (χ1n) is 9.21. The number of aromatic nitrogens is 1. The lowest BCUT2D eigenvalue weighted by Crippen LogP contribution is -3.10. The van der Waals surface area contributed by atoms with Gasteiger partial charge in [0.05, 0.1) is 17.6 Å². The van der Waals surface area contributed by atoms with Gasteiger partial charge in [0.1, 0.15) is 13.1 Å². The van der Waals surface area contributed by atoms with Gasteiger partial charge in [0, 0.05) is 23.1 Å². The number of para-hydroxylation sites is 1. The first-order valence-corrected chi connectivity index (χ1v) is 9.21. The van der Waals surface area contributed by atoms with Crippen LogP contribution in [0.4, 0.5) is 0 Å². The first-order chi connectivity index (χ1) is 12.2. The normalized spacial score (nSPS) is 16.8. The molecule has 1 aliphatic rings. The fourth-order valence-electron chi connectivity index (χ4n) is 4.08. The van der Waals surface area contributed by atoms with Crippen molar-refractivity contribution in [2.75, 3.05) is 6.54 Å². The molecule has 1 unspecified atom stereocenters. The molecule has 1 aromatic heterocycles. The second kappa shape index (κ2) is 6.49. The molecule has 1 aliphatic heterocycles. The minimum absolute atomic E-state index is 0.202. The molecule has 0 radical (unpaired) electrons. The Bertz CT molecular complexity index is 987. The molecule has 0 bridgehead atoms. The minimum atomic E-state index is 0.202. The summed E-state index contributed by atoms with van der Waals surface area (Å²) in [5, 5.41) is 0.830. The van der Waals surface area contributed by atoms with Crippen molar-refractivity contribution < 1.29 is 4.90 Å². The standard InChI is InChI=1S/C22H24N2O/c1-3-16-9-6-10-19-21(16)23-15(2)20(22(19)25)14-24-12-11-17-7-4-5-8-18(17)13-24/h4-10H,3,11-14H2,1-2H3,(H,23,25)/p+1. The molecular weight excluding hydrogens is 308 g/mol. The number of rotatable bonds is 3. The van der Waals surface area contributed by atoms with E-state index >= 15 is 0 Å². The van der Waals surface area contributed by atoms with Crippen molar-refractivity contribution in [3.05, 3.63) is 80.6 Å². The van der Waals surface area contributed by atoms with E-state index in [2.05, 4.69) is 42.2 Å². The van der Waals surface area contributed by atoms with E-state index in [4.69, 9.17) is 0 Å². The third kappa shape index (κ3) is 2.89. The lowest BCUT2D eigenvalue weighted by Gasteiger charge is -2.26. The summed E-state index contributed by atoms with van der Waals surface area (Å²) in [4.78, 5) is 18.1. The molecule has 0 spiro atoms. The first kappa shape index (κ1) is 16.1. The van der Waals surface area contributed by atoms with Crippen LogP contribution in [0.25, 0.3) is 10.9 Å². The number of hydrogen-bond donors (Lipinski definition) is 2. The van der Waals surface area contributed by atoms with E-state index in [1.54, 1.807) is 0 Å². The van der Waals surface area contributed by atoms with Crippen molar-refractivity contribution >= 4 is 10.9 Å². The fraction of sp³-hybridized carbons (Fsp3) is 0.318. The van der Waals surface area contributed by atoms with Crippen LogP contribution in [0.2, 0.25) is 0 Å². The van der Waals surface area contributed by atoms with Crippen LogP contribution in [0.5, 0.6) is 0 Å². The maximum atomic E-state index is 13.1. The van der Waals surface area contributed by atoms with Crippen LogP contribution in [-0.4, -0.2) is 11.5 Å². The van der Waals surface area contributed by atoms with E-state index < -0.39 is 0 Å². The molecule has 128 valence electrons. The number of benzene rings is 2. The van der Waals surface area contributed by atoms with Gasteiger partial charge in [-0.25, -0.2) is 0 Å². The molecule has 2 aromatic carbocycles. The molecule has 0 aliphatic carbocycles. The van der Waals surface area contributed by atoms with Crippen LogP contribution in [0.1, 0.15) is 34.9 Å². The average Bonchev–Trinajstić information content (AvgIpc) is 2.64. The van der Waals surface area contributed by atoms with Crippen molar-refractivity contribution in [1.29, 1.82) is 0 Å². The second-order valence-corrected chi connectivity index (χ2v) is 7.12. The zero-order chi connectivity index (χ0) is 17.4. The van der Waals surface area contributed by atoms with Gasteiger partial charge in [0.2, 0.25) is 0 Å². The zero-order valence-electron chi connectivity index (χ0n) is 15.0. The maximum Gasteiger partial charge on any atom is 0.198 e. The van der Waals surface area contributed by atoms with Gasteiger partial charge < -0.3 is 9.88 Å². The number of aryl methyl sites for hydroxylation is 2. The number of fused-ring (bicyclic) bond motifs is 2. The van der Waals surface area contributed by atoms with E-state index in [0.717, 1.165) is 54.6 Å². The highest BCUT2D eigenvalue weighted by molar-refractivity contribution is 5.82. The van der Waals surface area contributed by atoms with Gasteiger partial charge >= 0.3 is 0 Å². The Morgan fingerprint density at radius 1 is 1.08 bits per heavy atom. The molecule has 0 saturated carbocycles. The minimum Gasteiger partial charge on any atom is -0.358 e. The number of aromatic amines is 1. The van der Waals surface area contributed by atoms with Gasteiger partial charge in [-0.05, 0) is 30.5 Å². The predicted molar refractivity (Wildman–Crippen MR) is 102 cm³/mol. The molecule has 1 atom stereocenters. The SMILES string of the molecule is CCc1cccc2c(=O)c(C[NH+]3CCc4ccccc4C3)c(C)[nH]c12. The van der Waals surface area contributed by atoms with Crippen LogP contribution in [0.15, 0.2) is 47.3 Å². The number of quaternary nitrogens is 1. The highest BCUT2D eigenvalue weighted by atomic mass is 16.1. The summed E-state index contributed by atoms with van der Waals surface area (Å²) in [5.41, 5.74) is 7.27. The Kier molecular flexibility index (Phi) is 4.18. The van der Waals surface area contributed by atoms with E-state index in [1.165, 1.54) is 21.6 Å². The number of H-pyrrole nitrogens is 1. The van der Waals surface area contributed by atoms with Crippen molar-refractivity contribution in [3.8, 4) is 0 Å². The van der Waals surface area contributed by atoms with Gasteiger partial charge in [-0.15, -0.1) is 0 Å². The Morgan fingerprint density at radius 3 is 2.68 bits per heavy atom. The van der Waals surface area contributed by atoms with Gasteiger partial charge in [0.25, 0.3) is 0 Å². The summed E-state index contributed by atoms with van der Waals surface area (Å²) < 4.78 is 0. The van der Waals surface area contributed by atoms with Gasteiger partial charge in [0.15, 0.2) is 5.43 Å². The summed E-state index contributed by atoms with van der Waals surface area (Å²) in [6.07, 6.45) is 2.02. The number of pyridine rings is 1. The quantitative estimate of drug-likeness (QED) is 0.759. The average molecular weight is 333 g/mol. The molecule has 0 amide bonds. The molecular formula is C22H25N2O+. The zero-order valence-corrected chi connectivity index (χ0v) is 15.0. The van der Waals surface area contributed by atoms with E-state index in [-0.39, 0.29) is 5.43 Å². The van der Waals surface area contributed by atoms with Crippen molar-refractivity contribution in [1.82, 2.24) is 4.98 Å². The van der Waals surface area contributed by atoms with Crippen LogP contribution in [-0.2, 0) is 25.9 Å². The van der Waals surface area contributed by atoms with Crippen molar-refractivity contribution in [3.63, 3.8) is 0 Å². The van der Waals surface area contributed by atoms with Crippen LogP contribution in [0.3, 0.4) is 0 Å². The largest absolute Gasteiger partial charge is 0.358 e. The van der Waals surface area contributed by atoms with E-state index in [0.29, 0.717) is 0 Å². The van der Waals surface area contributed by atoms with Crippen molar-refractivity contribution in [2.45, 2.75) is 39.8 Å². The summed E-state index contributed by atoms with van der Waals surface area (Å²) in [6.45, 7) is 7.05. The maximum absolute atomic E-state index is 13.1. The molecule has 3 aromatic rings. The Labute approximate surface area is 148 Å². The number of nitrogens with one attached hydrogen (secondary N) is 2. The highest BCUT2D eigenvalue weighted by Crippen LogP contribution is 2.17. The molecule has 0 fully saturated rings. The van der Waals surface area contributed by atoms with Gasteiger partial charge in [-0.2, -0.15) is 0 Å². The smallest absolute Gasteiger partial charge is 0.198 e. The summed E-state index contributed by atoms with van der Waals surface area (Å²) in [5.74, 6) is 0. The predicted octanol–water partition coefficient (Wildman–Crippen LogP) is 2.54. The molecule has 25 heavy (non-hydrogen) atoms. The fourth-order valence-corrected chi connectivity index (χ4v) is 4.08. The Morgan fingerprint density at radius 2 is 1.88 bits per heavy atom. The lowest BCUT2D eigenvalue weighted by atomic mass is 9.98. The van der Waals surface area contributed by atoms with E-state index in [9.17, 15) is 4.79 Å². The molecule has 2 heterocycles. The molecule has 3 nitrogen and oxygen atoms in total.